The summed E-state index contributed by atoms with van der Waals surface area (Å²) in [6.45, 7) is 0. The van der Waals surface area contributed by atoms with E-state index >= 15 is 0 Å². The van der Waals surface area contributed by atoms with Crippen LogP contribution in [0.3, 0.4) is 0 Å². The summed E-state index contributed by atoms with van der Waals surface area (Å²) in [6, 6.07) is 8.93. The van der Waals surface area contributed by atoms with E-state index in [9.17, 15) is 0 Å². The molecule has 0 aliphatic carbocycles. The number of benzene rings is 1. The Bertz CT molecular complexity index is 804. The van der Waals surface area contributed by atoms with Crippen LogP contribution in [0.25, 0.3) is 11.0 Å². The van der Waals surface area contributed by atoms with Crippen molar-refractivity contribution in [1.29, 1.82) is 5.26 Å². The predicted molar refractivity (Wildman–Crippen MR) is 72.5 cm³/mol. The Balaban J connectivity index is 2.05. The summed E-state index contributed by atoms with van der Waals surface area (Å²) in [6.07, 6.45) is 1.60. The zero-order valence-electron chi connectivity index (χ0n) is 10.6. The van der Waals surface area contributed by atoms with Crippen LogP contribution < -0.4 is 10.1 Å². The molecule has 98 valence electrons. The Morgan fingerprint density at radius 1 is 1.35 bits per heavy atom. The topological polar surface area (TPSA) is 99.5 Å². The van der Waals surface area contributed by atoms with E-state index < -0.39 is 0 Å². The van der Waals surface area contributed by atoms with Gasteiger partial charge in [0.15, 0.2) is 5.65 Å². The average Bonchev–Trinajstić information content (AvgIpc) is 2.96. The number of ether oxygens (including phenoxy) is 1. The second-order valence-electron chi connectivity index (χ2n) is 3.98. The minimum Gasteiger partial charge on any atom is -0.438 e. The molecule has 0 saturated carbocycles. The van der Waals surface area contributed by atoms with Crippen molar-refractivity contribution in [3.8, 4) is 17.7 Å². The van der Waals surface area contributed by atoms with Gasteiger partial charge in [-0.2, -0.15) is 20.3 Å². The summed E-state index contributed by atoms with van der Waals surface area (Å²) in [5.74, 6) is 1.34. The highest BCUT2D eigenvalue weighted by Crippen LogP contribution is 2.27. The fourth-order valence-corrected chi connectivity index (χ4v) is 1.74. The first-order valence-electron chi connectivity index (χ1n) is 5.87. The molecule has 7 nitrogen and oxygen atoms in total. The smallest absolute Gasteiger partial charge is 0.235 e. The van der Waals surface area contributed by atoms with E-state index in [1.165, 1.54) is 0 Å². The SMILES string of the molecule is CNc1nc(Oc2cccc(C#N)c2)c2cn[nH]c2n1. The van der Waals surface area contributed by atoms with Crippen molar-refractivity contribution in [1.82, 2.24) is 20.2 Å². The van der Waals surface area contributed by atoms with Crippen molar-refractivity contribution in [2.75, 3.05) is 12.4 Å². The van der Waals surface area contributed by atoms with Crippen LogP contribution in [0.2, 0.25) is 0 Å². The molecule has 0 aliphatic heterocycles. The normalized spacial score (nSPS) is 10.2. The molecule has 0 atom stereocenters. The molecular weight excluding hydrogens is 256 g/mol. The summed E-state index contributed by atoms with van der Waals surface area (Å²) in [7, 11) is 1.72. The first kappa shape index (κ1) is 11.9. The third kappa shape index (κ3) is 2.10. The van der Waals surface area contributed by atoms with Crippen LogP contribution in [0.1, 0.15) is 5.56 Å². The van der Waals surface area contributed by atoms with E-state index in [4.69, 9.17) is 10.00 Å². The molecule has 0 spiro atoms. The highest BCUT2D eigenvalue weighted by atomic mass is 16.5. The molecule has 0 aliphatic rings. The lowest BCUT2D eigenvalue weighted by Gasteiger charge is -2.07. The lowest BCUT2D eigenvalue weighted by atomic mass is 10.2. The molecule has 3 rings (SSSR count). The minimum absolute atomic E-state index is 0.378. The highest BCUT2D eigenvalue weighted by Gasteiger charge is 2.11. The zero-order chi connectivity index (χ0) is 13.9. The monoisotopic (exact) mass is 266 g/mol. The van der Waals surface area contributed by atoms with E-state index in [2.05, 4.69) is 31.6 Å². The van der Waals surface area contributed by atoms with Crippen LogP contribution in [0.15, 0.2) is 30.5 Å². The van der Waals surface area contributed by atoms with E-state index in [0.717, 1.165) is 0 Å². The van der Waals surface area contributed by atoms with Crippen LogP contribution in [-0.4, -0.2) is 27.2 Å². The molecule has 0 fully saturated rings. The van der Waals surface area contributed by atoms with Crippen molar-refractivity contribution in [2.24, 2.45) is 0 Å². The number of hydrogen-bond donors (Lipinski definition) is 2. The maximum Gasteiger partial charge on any atom is 0.235 e. The molecule has 0 amide bonds. The summed E-state index contributed by atoms with van der Waals surface area (Å²) in [4.78, 5) is 8.47. The molecule has 0 saturated heterocycles. The number of nitriles is 1. The quantitative estimate of drug-likeness (QED) is 0.752. The van der Waals surface area contributed by atoms with E-state index in [1.807, 2.05) is 0 Å². The van der Waals surface area contributed by atoms with E-state index in [-0.39, 0.29) is 0 Å². The van der Waals surface area contributed by atoms with Crippen LogP contribution in [0.5, 0.6) is 11.6 Å². The molecule has 2 N–H and O–H groups in total. The van der Waals surface area contributed by atoms with Crippen molar-refractivity contribution >= 4 is 17.0 Å². The van der Waals surface area contributed by atoms with Gasteiger partial charge < -0.3 is 10.1 Å². The lowest BCUT2D eigenvalue weighted by molar-refractivity contribution is 0.469. The molecule has 0 unspecified atom stereocenters. The molecular formula is C13H10N6O. The van der Waals surface area contributed by atoms with E-state index in [1.54, 1.807) is 37.5 Å². The minimum atomic E-state index is 0.378. The van der Waals surface area contributed by atoms with Crippen molar-refractivity contribution in [2.45, 2.75) is 0 Å². The van der Waals surface area contributed by atoms with Gasteiger partial charge in [-0.1, -0.05) is 6.07 Å². The molecule has 3 aromatic rings. The Labute approximate surface area is 114 Å². The lowest BCUT2D eigenvalue weighted by Crippen LogP contribution is -1.99. The Morgan fingerprint density at radius 3 is 3.05 bits per heavy atom. The van der Waals surface area contributed by atoms with Gasteiger partial charge in [0.1, 0.15) is 11.1 Å². The number of nitrogens with zero attached hydrogens (tertiary/aromatic N) is 4. The van der Waals surface area contributed by atoms with Crippen LogP contribution in [0, 0.1) is 11.3 Å². The second-order valence-corrected chi connectivity index (χ2v) is 3.98. The van der Waals surface area contributed by atoms with Crippen LogP contribution in [-0.2, 0) is 0 Å². The van der Waals surface area contributed by atoms with Gasteiger partial charge in [0, 0.05) is 7.05 Å². The average molecular weight is 266 g/mol. The van der Waals surface area contributed by atoms with Gasteiger partial charge in [-0.25, -0.2) is 0 Å². The van der Waals surface area contributed by atoms with Gasteiger partial charge in [0.25, 0.3) is 0 Å². The Kier molecular flexibility index (Phi) is 2.89. The summed E-state index contributed by atoms with van der Waals surface area (Å²) in [5.41, 5.74) is 1.10. The number of nitrogens with one attached hydrogen (secondary N) is 2. The van der Waals surface area contributed by atoms with Crippen molar-refractivity contribution in [3.05, 3.63) is 36.0 Å². The molecule has 7 heteroatoms. The number of H-pyrrole nitrogens is 1. The Morgan fingerprint density at radius 2 is 2.25 bits per heavy atom. The fourth-order valence-electron chi connectivity index (χ4n) is 1.74. The Hall–Kier alpha value is -3.14. The first-order chi connectivity index (χ1) is 9.80. The maximum absolute atomic E-state index is 8.89. The summed E-state index contributed by atoms with van der Waals surface area (Å²) < 4.78 is 5.73. The standard InChI is InChI=1S/C13H10N6O/c1-15-13-17-11-10(7-16-19-11)12(18-13)20-9-4-2-3-8(5-9)6-14/h2-5,7H,1H3,(H2,15,16,17,18,19). The van der Waals surface area contributed by atoms with Gasteiger partial charge in [0.05, 0.1) is 17.8 Å². The van der Waals surface area contributed by atoms with Crippen molar-refractivity contribution < 1.29 is 4.74 Å². The number of rotatable bonds is 3. The zero-order valence-corrected chi connectivity index (χ0v) is 10.6. The number of hydrogen-bond acceptors (Lipinski definition) is 6. The molecule has 1 aromatic carbocycles. The van der Waals surface area contributed by atoms with E-state index in [0.29, 0.717) is 34.2 Å². The van der Waals surface area contributed by atoms with Crippen LogP contribution in [0.4, 0.5) is 5.95 Å². The third-order valence-corrected chi connectivity index (χ3v) is 2.68. The van der Waals surface area contributed by atoms with Gasteiger partial charge in [0.2, 0.25) is 11.8 Å². The first-order valence-corrected chi connectivity index (χ1v) is 5.87. The largest absolute Gasteiger partial charge is 0.438 e. The molecule has 0 radical (unpaired) electrons. The van der Waals surface area contributed by atoms with Gasteiger partial charge in [-0.15, -0.1) is 0 Å². The number of aromatic amines is 1. The highest BCUT2D eigenvalue weighted by molar-refractivity contribution is 5.80. The predicted octanol–water partition coefficient (Wildman–Crippen LogP) is 2.06. The number of anilines is 1. The fraction of sp³-hybridized carbons (Fsp3) is 0.0769. The number of aromatic nitrogens is 4. The van der Waals surface area contributed by atoms with Gasteiger partial charge in [-0.3, -0.25) is 5.10 Å². The summed E-state index contributed by atoms with van der Waals surface area (Å²) in [5, 5.41) is 19.1. The molecule has 20 heavy (non-hydrogen) atoms. The maximum atomic E-state index is 8.89. The summed E-state index contributed by atoms with van der Waals surface area (Å²) >= 11 is 0. The molecule has 2 aromatic heterocycles. The van der Waals surface area contributed by atoms with Crippen LogP contribution >= 0.6 is 0 Å². The second kappa shape index (κ2) is 4.85. The number of fused-ring (bicyclic) bond motifs is 1. The third-order valence-electron chi connectivity index (χ3n) is 2.68. The van der Waals surface area contributed by atoms with Crippen molar-refractivity contribution in [3.63, 3.8) is 0 Å². The molecule has 2 heterocycles. The molecule has 0 bridgehead atoms. The van der Waals surface area contributed by atoms with Gasteiger partial charge in [-0.05, 0) is 18.2 Å². The van der Waals surface area contributed by atoms with Gasteiger partial charge >= 0.3 is 0 Å².